The number of amides is 1. The molecule has 0 aliphatic carbocycles. The van der Waals surface area contributed by atoms with Crippen LogP contribution in [0.4, 0.5) is 0 Å². The van der Waals surface area contributed by atoms with Crippen LogP contribution in [0.25, 0.3) is 0 Å². The molecule has 0 saturated heterocycles. The molecule has 0 aliphatic heterocycles. The summed E-state index contributed by atoms with van der Waals surface area (Å²) in [6, 6.07) is -0.819. The molecule has 5 heteroatoms. The van der Waals surface area contributed by atoms with E-state index in [0.29, 0.717) is 6.42 Å². The fraction of sp³-hybridized carbons (Fsp3) is 0.873. The molecule has 0 aliphatic rings. The van der Waals surface area contributed by atoms with Gasteiger partial charge >= 0.3 is 0 Å². The molecule has 0 saturated carbocycles. The standard InChI is InChI=1S/C55H105NO4/c1-3-5-7-9-11-13-15-17-19-21-23-24-25-26-27-28-29-30-32-34-36-38-40-42-44-46-48-50-54(59)55(60)56-52(51-57)53(58)49-47-45-43-41-39-37-35-33-31-22-20-18-16-14-12-10-8-6-4-2/h31,33,39,41,47,49,52-54,57-59H,3-30,32,34-38,40,42-46,48,50-51H2,1-2H3,(H,56,60)/b33-31+,41-39+,49-47+. The molecule has 0 rings (SSSR count). The predicted octanol–water partition coefficient (Wildman–Crippen LogP) is 16.3. The van der Waals surface area contributed by atoms with E-state index >= 15 is 0 Å². The van der Waals surface area contributed by atoms with E-state index in [0.717, 1.165) is 44.9 Å². The van der Waals surface area contributed by atoms with E-state index in [9.17, 15) is 20.1 Å². The van der Waals surface area contributed by atoms with Gasteiger partial charge in [-0.2, -0.15) is 0 Å². The van der Waals surface area contributed by atoms with E-state index in [1.54, 1.807) is 6.08 Å². The van der Waals surface area contributed by atoms with Gasteiger partial charge in [-0.05, 0) is 44.9 Å². The number of carbonyl (C=O) groups is 1. The van der Waals surface area contributed by atoms with Crippen LogP contribution >= 0.6 is 0 Å². The first-order valence-electron chi connectivity index (χ1n) is 26.8. The SMILES string of the molecule is CCCCCCCCCCC/C=C/CC/C=C/CC/C=C/C(O)C(CO)NC(=O)C(O)CCCCCCCCCCCCCCCCCCCCCCCCCCCCC. The second-order valence-corrected chi connectivity index (χ2v) is 18.4. The summed E-state index contributed by atoms with van der Waals surface area (Å²) < 4.78 is 0. The van der Waals surface area contributed by atoms with Gasteiger partial charge in [0.2, 0.25) is 5.91 Å². The Balaban J connectivity index is 3.60. The van der Waals surface area contributed by atoms with Gasteiger partial charge in [0.1, 0.15) is 6.10 Å². The highest BCUT2D eigenvalue weighted by Crippen LogP contribution is 2.17. The van der Waals surface area contributed by atoms with Crippen molar-refractivity contribution >= 4 is 5.91 Å². The van der Waals surface area contributed by atoms with Crippen molar-refractivity contribution in [3.63, 3.8) is 0 Å². The Bertz CT molecular complexity index is 931. The van der Waals surface area contributed by atoms with Crippen LogP contribution < -0.4 is 5.32 Å². The lowest BCUT2D eigenvalue weighted by molar-refractivity contribution is -0.131. The average Bonchev–Trinajstić information content (AvgIpc) is 3.25. The molecule has 0 bridgehead atoms. The molecule has 0 radical (unpaired) electrons. The summed E-state index contributed by atoms with van der Waals surface area (Å²) in [5.74, 6) is -0.513. The van der Waals surface area contributed by atoms with Crippen molar-refractivity contribution in [3.05, 3.63) is 36.5 Å². The summed E-state index contributed by atoms with van der Waals surface area (Å²) in [4.78, 5) is 12.5. The number of rotatable bonds is 49. The van der Waals surface area contributed by atoms with E-state index in [2.05, 4.69) is 43.5 Å². The van der Waals surface area contributed by atoms with Gasteiger partial charge in [0, 0.05) is 0 Å². The van der Waals surface area contributed by atoms with E-state index in [1.165, 1.54) is 218 Å². The van der Waals surface area contributed by atoms with Gasteiger partial charge in [-0.3, -0.25) is 4.79 Å². The minimum absolute atomic E-state index is 0.379. The summed E-state index contributed by atoms with van der Waals surface area (Å²) >= 11 is 0. The molecule has 60 heavy (non-hydrogen) atoms. The molecule has 354 valence electrons. The number of unbranched alkanes of at least 4 members (excludes halogenated alkanes) is 37. The summed E-state index contributed by atoms with van der Waals surface area (Å²) in [7, 11) is 0. The van der Waals surface area contributed by atoms with E-state index in [4.69, 9.17) is 0 Å². The number of carbonyl (C=O) groups excluding carboxylic acids is 1. The lowest BCUT2D eigenvalue weighted by atomic mass is 10.0. The van der Waals surface area contributed by atoms with E-state index < -0.39 is 24.2 Å². The third-order valence-corrected chi connectivity index (χ3v) is 12.5. The third-order valence-electron chi connectivity index (χ3n) is 12.5. The molecule has 0 spiro atoms. The van der Waals surface area contributed by atoms with Crippen molar-refractivity contribution in [2.75, 3.05) is 6.61 Å². The maximum Gasteiger partial charge on any atom is 0.249 e. The van der Waals surface area contributed by atoms with Gasteiger partial charge < -0.3 is 20.6 Å². The monoisotopic (exact) mass is 844 g/mol. The Kier molecular flexibility index (Phi) is 49.0. The first kappa shape index (κ1) is 58.6. The summed E-state index contributed by atoms with van der Waals surface area (Å²) in [5, 5.41) is 33.3. The van der Waals surface area contributed by atoms with Crippen molar-refractivity contribution in [1.29, 1.82) is 0 Å². The Hall–Kier alpha value is -1.43. The second kappa shape index (κ2) is 50.2. The van der Waals surface area contributed by atoms with Crippen LogP contribution in [-0.4, -0.2) is 46.1 Å². The van der Waals surface area contributed by atoms with Crippen LogP contribution in [0.1, 0.15) is 284 Å². The Morgan fingerprint density at radius 2 is 0.683 bits per heavy atom. The molecule has 0 fully saturated rings. The molecule has 0 aromatic carbocycles. The molecule has 3 atom stereocenters. The van der Waals surface area contributed by atoms with Gasteiger partial charge in [-0.1, -0.05) is 275 Å². The number of aliphatic hydroxyl groups excluding tert-OH is 3. The molecule has 1 amide bonds. The topological polar surface area (TPSA) is 89.8 Å². The van der Waals surface area contributed by atoms with Crippen molar-refractivity contribution < 1.29 is 20.1 Å². The maximum absolute atomic E-state index is 12.5. The van der Waals surface area contributed by atoms with Gasteiger partial charge in [0.05, 0.1) is 18.8 Å². The van der Waals surface area contributed by atoms with Crippen LogP contribution in [0.5, 0.6) is 0 Å². The Morgan fingerprint density at radius 3 is 1.02 bits per heavy atom. The lowest BCUT2D eigenvalue weighted by Crippen LogP contribution is -2.48. The van der Waals surface area contributed by atoms with Gasteiger partial charge in [-0.15, -0.1) is 0 Å². The van der Waals surface area contributed by atoms with Crippen LogP contribution in [0.3, 0.4) is 0 Å². The first-order valence-corrected chi connectivity index (χ1v) is 26.8. The van der Waals surface area contributed by atoms with E-state index in [1.807, 2.05) is 6.08 Å². The van der Waals surface area contributed by atoms with Crippen molar-refractivity contribution in [1.82, 2.24) is 5.32 Å². The largest absolute Gasteiger partial charge is 0.394 e. The number of nitrogens with one attached hydrogen (secondary N) is 1. The zero-order valence-electron chi connectivity index (χ0n) is 40.4. The minimum Gasteiger partial charge on any atom is -0.394 e. The highest BCUT2D eigenvalue weighted by atomic mass is 16.3. The number of allylic oxidation sites excluding steroid dienone is 5. The van der Waals surface area contributed by atoms with Gasteiger partial charge in [0.15, 0.2) is 0 Å². The molecule has 0 aromatic heterocycles. The first-order chi connectivity index (χ1) is 29.6. The fourth-order valence-electron chi connectivity index (χ4n) is 8.28. The smallest absolute Gasteiger partial charge is 0.249 e. The maximum atomic E-state index is 12.5. The minimum atomic E-state index is -1.11. The average molecular weight is 844 g/mol. The predicted molar refractivity (Wildman–Crippen MR) is 264 cm³/mol. The van der Waals surface area contributed by atoms with Gasteiger partial charge in [-0.25, -0.2) is 0 Å². The highest BCUT2D eigenvalue weighted by molar-refractivity contribution is 5.80. The van der Waals surface area contributed by atoms with Crippen LogP contribution in [0, 0.1) is 0 Å². The molecule has 3 unspecified atom stereocenters. The van der Waals surface area contributed by atoms with Crippen LogP contribution in [-0.2, 0) is 4.79 Å². The molecule has 0 aromatic rings. The molecular weight excluding hydrogens is 739 g/mol. The van der Waals surface area contributed by atoms with Crippen molar-refractivity contribution in [3.8, 4) is 0 Å². The normalized spacial score (nSPS) is 13.6. The molecular formula is C55H105NO4. The second-order valence-electron chi connectivity index (χ2n) is 18.4. The van der Waals surface area contributed by atoms with Crippen molar-refractivity contribution in [2.24, 2.45) is 0 Å². The summed E-state index contributed by atoms with van der Waals surface area (Å²) in [6.07, 6.45) is 65.0. The number of hydrogen-bond donors (Lipinski definition) is 4. The van der Waals surface area contributed by atoms with Gasteiger partial charge in [0.25, 0.3) is 0 Å². The Labute approximate surface area is 374 Å². The van der Waals surface area contributed by atoms with E-state index in [-0.39, 0.29) is 6.61 Å². The summed E-state index contributed by atoms with van der Waals surface area (Å²) in [5.41, 5.74) is 0. The summed E-state index contributed by atoms with van der Waals surface area (Å²) in [6.45, 7) is 4.19. The molecule has 4 N–H and O–H groups in total. The van der Waals surface area contributed by atoms with Crippen LogP contribution in [0.15, 0.2) is 36.5 Å². The fourth-order valence-corrected chi connectivity index (χ4v) is 8.28. The quantitative estimate of drug-likeness (QED) is 0.0363. The molecule has 5 nitrogen and oxygen atoms in total. The van der Waals surface area contributed by atoms with Crippen molar-refractivity contribution in [2.45, 2.75) is 302 Å². The zero-order chi connectivity index (χ0) is 43.7. The lowest BCUT2D eigenvalue weighted by Gasteiger charge is -2.21. The van der Waals surface area contributed by atoms with Crippen LogP contribution in [0.2, 0.25) is 0 Å². The number of aliphatic hydroxyl groups is 3. The third kappa shape index (κ3) is 44.6. The highest BCUT2D eigenvalue weighted by Gasteiger charge is 2.22. The molecule has 0 heterocycles. The Morgan fingerprint density at radius 1 is 0.400 bits per heavy atom. The number of hydrogen-bond acceptors (Lipinski definition) is 4. The zero-order valence-corrected chi connectivity index (χ0v) is 40.4.